The second-order valence-corrected chi connectivity index (χ2v) is 5.02. The number of allylic oxidation sites excluding steroid dienone is 1. The standard InChI is InChI=1S/C15H28N2O3/c1-4-5-6-7-10-15(16,14(19)20-3)11-8-9-12-17-13(2)18/h7,10H,4-6,8-9,11-12,16H2,1-3H3,(H,17,18)/b10-7+. The maximum atomic E-state index is 11.8. The highest BCUT2D eigenvalue weighted by Gasteiger charge is 2.31. The number of carbonyl (C=O) groups excluding carboxylic acids is 2. The Bertz CT molecular complexity index is 329. The van der Waals surface area contributed by atoms with Crippen molar-refractivity contribution >= 4 is 11.9 Å². The fourth-order valence-electron chi connectivity index (χ4n) is 1.87. The summed E-state index contributed by atoms with van der Waals surface area (Å²) in [5.41, 5.74) is 5.07. The molecule has 0 saturated carbocycles. The summed E-state index contributed by atoms with van der Waals surface area (Å²) in [5.74, 6) is -0.457. The summed E-state index contributed by atoms with van der Waals surface area (Å²) in [6.45, 7) is 4.20. The second-order valence-electron chi connectivity index (χ2n) is 5.02. The van der Waals surface area contributed by atoms with Crippen LogP contribution in [-0.4, -0.2) is 31.1 Å². The van der Waals surface area contributed by atoms with E-state index in [4.69, 9.17) is 10.5 Å². The van der Waals surface area contributed by atoms with Crippen molar-refractivity contribution in [2.75, 3.05) is 13.7 Å². The molecule has 20 heavy (non-hydrogen) atoms. The van der Waals surface area contributed by atoms with Gasteiger partial charge in [-0.3, -0.25) is 4.79 Å². The molecular weight excluding hydrogens is 256 g/mol. The molecule has 0 saturated heterocycles. The van der Waals surface area contributed by atoms with Crippen LogP contribution in [0.2, 0.25) is 0 Å². The smallest absolute Gasteiger partial charge is 0.329 e. The van der Waals surface area contributed by atoms with E-state index in [-0.39, 0.29) is 5.91 Å². The lowest BCUT2D eigenvalue weighted by molar-refractivity contribution is -0.145. The van der Waals surface area contributed by atoms with Crippen molar-refractivity contribution in [2.45, 2.75) is 57.9 Å². The van der Waals surface area contributed by atoms with Crippen LogP contribution in [0.1, 0.15) is 52.4 Å². The van der Waals surface area contributed by atoms with Crippen LogP contribution in [-0.2, 0) is 14.3 Å². The molecule has 0 aromatic heterocycles. The Hall–Kier alpha value is -1.36. The van der Waals surface area contributed by atoms with E-state index in [0.29, 0.717) is 13.0 Å². The van der Waals surface area contributed by atoms with Crippen molar-refractivity contribution in [3.05, 3.63) is 12.2 Å². The van der Waals surface area contributed by atoms with Gasteiger partial charge in [-0.15, -0.1) is 0 Å². The number of rotatable bonds is 10. The van der Waals surface area contributed by atoms with Crippen LogP contribution < -0.4 is 11.1 Å². The molecule has 1 unspecified atom stereocenters. The van der Waals surface area contributed by atoms with E-state index in [1.54, 1.807) is 6.08 Å². The van der Waals surface area contributed by atoms with Crippen LogP contribution in [0.3, 0.4) is 0 Å². The summed E-state index contributed by atoms with van der Waals surface area (Å²) in [5, 5.41) is 2.72. The summed E-state index contributed by atoms with van der Waals surface area (Å²) in [7, 11) is 1.35. The van der Waals surface area contributed by atoms with Crippen molar-refractivity contribution in [2.24, 2.45) is 5.73 Å². The third-order valence-electron chi connectivity index (χ3n) is 3.10. The Balaban J connectivity index is 4.29. The SMILES string of the molecule is CCCC/C=C/C(N)(CCCCNC(C)=O)C(=O)OC. The first kappa shape index (κ1) is 18.6. The van der Waals surface area contributed by atoms with Crippen LogP contribution in [0.4, 0.5) is 0 Å². The number of esters is 1. The molecule has 0 bridgehead atoms. The van der Waals surface area contributed by atoms with Gasteiger partial charge in [-0.2, -0.15) is 0 Å². The number of ether oxygens (including phenoxy) is 1. The summed E-state index contributed by atoms with van der Waals surface area (Å²) in [6, 6.07) is 0. The molecule has 0 aliphatic carbocycles. The number of methoxy groups -OCH3 is 1. The maximum Gasteiger partial charge on any atom is 0.329 e. The largest absolute Gasteiger partial charge is 0.467 e. The van der Waals surface area contributed by atoms with Gasteiger partial charge in [0.05, 0.1) is 7.11 Å². The molecule has 0 heterocycles. The van der Waals surface area contributed by atoms with E-state index in [9.17, 15) is 9.59 Å². The first-order valence-electron chi connectivity index (χ1n) is 7.25. The topological polar surface area (TPSA) is 81.4 Å². The number of unbranched alkanes of at least 4 members (excludes halogenated alkanes) is 3. The lowest BCUT2D eigenvalue weighted by Gasteiger charge is -2.23. The molecule has 1 atom stereocenters. The van der Waals surface area contributed by atoms with E-state index in [2.05, 4.69) is 12.2 Å². The van der Waals surface area contributed by atoms with Crippen molar-refractivity contribution in [3.63, 3.8) is 0 Å². The third kappa shape index (κ3) is 7.94. The highest BCUT2D eigenvalue weighted by Crippen LogP contribution is 2.16. The molecule has 1 amide bonds. The molecule has 0 rings (SSSR count). The number of hydrogen-bond donors (Lipinski definition) is 2. The molecule has 0 aliphatic rings. The monoisotopic (exact) mass is 284 g/mol. The van der Waals surface area contributed by atoms with Crippen molar-refractivity contribution in [3.8, 4) is 0 Å². The van der Waals surface area contributed by atoms with Gasteiger partial charge in [0.1, 0.15) is 5.54 Å². The molecule has 0 aromatic rings. The number of hydrogen-bond acceptors (Lipinski definition) is 4. The summed E-state index contributed by atoms with van der Waals surface area (Å²) in [6.07, 6.45) is 8.87. The predicted molar refractivity (Wildman–Crippen MR) is 80.1 cm³/mol. The highest BCUT2D eigenvalue weighted by molar-refractivity contribution is 5.83. The molecule has 5 heteroatoms. The van der Waals surface area contributed by atoms with Gasteiger partial charge in [0.25, 0.3) is 0 Å². The van der Waals surface area contributed by atoms with E-state index >= 15 is 0 Å². The lowest BCUT2D eigenvalue weighted by Crippen LogP contribution is -2.47. The third-order valence-corrected chi connectivity index (χ3v) is 3.10. The van der Waals surface area contributed by atoms with Crippen molar-refractivity contribution in [1.29, 1.82) is 0 Å². The van der Waals surface area contributed by atoms with Crippen LogP contribution in [0, 0.1) is 0 Å². The van der Waals surface area contributed by atoms with Crippen LogP contribution in [0.5, 0.6) is 0 Å². The molecule has 0 aliphatic heterocycles. The summed E-state index contributed by atoms with van der Waals surface area (Å²) in [4.78, 5) is 22.5. The van der Waals surface area contributed by atoms with Crippen LogP contribution >= 0.6 is 0 Å². The molecular formula is C15H28N2O3. The van der Waals surface area contributed by atoms with E-state index in [0.717, 1.165) is 32.1 Å². The van der Waals surface area contributed by atoms with Crippen molar-refractivity contribution in [1.82, 2.24) is 5.32 Å². The molecule has 3 N–H and O–H groups in total. The molecule has 116 valence electrons. The molecule has 0 fully saturated rings. The van der Waals surface area contributed by atoms with Gasteiger partial charge in [-0.1, -0.05) is 31.9 Å². The average Bonchev–Trinajstić information content (AvgIpc) is 2.42. The Labute approximate surface area is 121 Å². The average molecular weight is 284 g/mol. The van der Waals surface area contributed by atoms with Gasteiger partial charge < -0.3 is 15.8 Å². The van der Waals surface area contributed by atoms with E-state index in [1.807, 2.05) is 6.08 Å². The summed E-state index contributed by atoms with van der Waals surface area (Å²) < 4.78 is 4.78. The Morgan fingerprint density at radius 2 is 2.00 bits per heavy atom. The Morgan fingerprint density at radius 1 is 1.30 bits per heavy atom. The van der Waals surface area contributed by atoms with Gasteiger partial charge >= 0.3 is 5.97 Å². The molecule has 5 nitrogen and oxygen atoms in total. The first-order chi connectivity index (χ1) is 9.46. The second kappa shape index (κ2) is 10.4. The number of nitrogens with two attached hydrogens (primary N) is 1. The fraction of sp³-hybridized carbons (Fsp3) is 0.733. The quantitative estimate of drug-likeness (QED) is 0.365. The van der Waals surface area contributed by atoms with Gasteiger partial charge in [0, 0.05) is 13.5 Å². The van der Waals surface area contributed by atoms with Crippen LogP contribution in [0.15, 0.2) is 12.2 Å². The van der Waals surface area contributed by atoms with Gasteiger partial charge in [-0.25, -0.2) is 4.79 Å². The number of nitrogens with one attached hydrogen (secondary N) is 1. The lowest BCUT2D eigenvalue weighted by atomic mass is 9.92. The Kier molecular flexibility index (Phi) is 9.72. The minimum absolute atomic E-state index is 0.0450. The number of amides is 1. The fourth-order valence-corrected chi connectivity index (χ4v) is 1.87. The minimum Gasteiger partial charge on any atom is -0.467 e. The van der Waals surface area contributed by atoms with Crippen molar-refractivity contribution < 1.29 is 14.3 Å². The highest BCUT2D eigenvalue weighted by atomic mass is 16.5. The normalized spacial score (nSPS) is 14.0. The first-order valence-corrected chi connectivity index (χ1v) is 7.25. The minimum atomic E-state index is -1.06. The zero-order valence-electron chi connectivity index (χ0n) is 12.9. The summed E-state index contributed by atoms with van der Waals surface area (Å²) >= 11 is 0. The molecule has 0 spiro atoms. The number of carbonyl (C=O) groups is 2. The van der Waals surface area contributed by atoms with Gasteiger partial charge in [0.2, 0.25) is 5.91 Å². The zero-order valence-corrected chi connectivity index (χ0v) is 12.9. The Morgan fingerprint density at radius 3 is 2.55 bits per heavy atom. The maximum absolute atomic E-state index is 11.8. The van der Waals surface area contributed by atoms with Gasteiger partial charge in [0.15, 0.2) is 0 Å². The molecule has 0 radical (unpaired) electrons. The van der Waals surface area contributed by atoms with E-state index in [1.165, 1.54) is 14.0 Å². The van der Waals surface area contributed by atoms with Crippen LogP contribution in [0.25, 0.3) is 0 Å². The van der Waals surface area contributed by atoms with Gasteiger partial charge in [-0.05, 0) is 25.7 Å². The van der Waals surface area contributed by atoms with E-state index < -0.39 is 11.5 Å². The zero-order chi connectivity index (χ0) is 15.4. The predicted octanol–water partition coefficient (Wildman–Crippen LogP) is 1.91. The molecule has 0 aromatic carbocycles.